The van der Waals surface area contributed by atoms with E-state index in [0.717, 1.165) is 19.5 Å². The summed E-state index contributed by atoms with van der Waals surface area (Å²) in [6.45, 7) is 2.97. The van der Waals surface area contributed by atoms with Crippen molar-refractivity contribution in [2.45, 2.75) is 18.6 Å². The van der Waals surface area contributed by atoms with Gasteiger partial charge in [-0.15, -0.1) is 0 Å². The molecule has 9 heteroatoms. The monoisotopic (exact) mass is 333 g/mol. The highest BCUT2D eigenvalue weighted by atomic mass is 16.6. The van der Waals surface area contributed by atoms with E-state index in [1.807, 2.05) is 0 Å². The second-order valence-electron chi connectivity index (χ2n) is 6.07. The molecule has 1 aromatic heterocycles. The van der Waals surface area contributed by atoms with E-state index in [-0.39, 0.29) is 18.6 Å². The Morgan fingerprint density at radius 2 is 2.29 bits per heavy atom. The molecule has 9 nitrogen and oxygen atoms in total. The molecule has 0 aliphatic carbocycles. The van der Waals surface area contributed by atoms with Gasteiger partial charge in [-0.25, -0.2) is 9.78 Å². The fourth-order valence-electron chi connectivity index (χ4n) is 3.05. The van der Waals surface area contributed by atoms with Gasteiger partial charge in [-0.05, 0) is 25.1 Å². The molecule has 0 spiro atoms. The first-order valence-corrected chi connectivity index (χ1v) is 8.05. The van der Waals surface area contributed by atoms with Gasteiger partial charge in [0.25, 0.3) is 5.91 Å². The lowest BCUT2D eigenvalue weighted by Crippen LogP contribution is -2.38. The van der Waals surface area contributed by atoms with Crippen LogP contribution in [-0.4, -0.2) is 61.9 Å². The number of anilines is 2. The quantitative estimate of drug-likeness (QED) is 0.694. The average molecular weight is 333 g/mol. The van der Waals surface area contributed by atoms with Crippen LogP contribution < -0.4 is 25.6 Å². The highest BCUT2D eigenvalue weighted by molar-refractivity contribution is 5.95. The first kappa shape index (κ1) is 15.2. The van der Waals surface area contributed by atoms with Crippen molar-refractivity contribution in [3.8, 4) is 5.75 Å². The van der Waals surface area contributed by atoms with Gasteiger partial charge in [-0.3, -0.25) is 9.69 Å². The number of aromatic nitrogens is 1. The summed E-state index contributed by atoms with van der Waals surface area (Å²) in [5.41, 5.74) is 0. The predicted molar refractivity (Wildman–Crippen MR) is 85.3 cm³/mol. The molecule has 2 fully saturated rings. The van der Waals surface area contributed by atoms with Gasteiger partial charge < -0.3 is 25.4 Å². The van der Waals surface area contributed by atoms with Gasteiger partial charge in [0.1, 0.15) is 11.9 Å². The molecule has 2 atom stereocenters. The lowest BCUT2D eigenvalue weighted by Gasteiger charge is -2.19. The third-order valence-corrected chi connectivity index (χ3v) is 4.31. The summed E-state index contributed by atoms with van der Waals surface area (Å²) in [6, 6.07) is 3.81. The lowest BCUT2D eigenvalue weighted by atomic mass is 10.2. The molecule has 2 saturated heterocycles. The minimum absolute atomic E-state index is 0.0243. The van der Waals surface area contributed by atoms with Gasteiger partial charge in [0, 0.05) is 19.1 Å². The molecule has 0 unspecified atom stereocenters. The molecular weight excluding hydrogens is 314 g/mol. The Morgan fingerprint density at radius 3 is 3.12 bits per heavy atom. The predicted octanol–water partition coefficient (Wildman–Crippen LogP) is -0.311. The number of carbonyl (C=O) groups excluding carboxylic acids is 2. The van der Waals surface area contributed by atoms with Crippen molar-refractivity contribution in [3.05, 3.63) is 12.1 Å². The molecule has 1 aromatic rings. The smallest absolute Gasteiger partial charge is 0.416 e. The third kappa shape index (κ3) is 3.00. The standard InChI is InChI=1S/C15H19N5O4/c21-13-8-23-11-1-2-12(18-14(11)19-13)20-7-10(24-15(20)22)6-17-9-3-4-16-5-9/h1-2,9-10,16-17H,3-8H2,(H,18,19,21)/t9-,10-/m0/s1. The van der Waals surface area contributed by atoms with Crippen molar-refractivity contribution in [1.29, 1.82) is 0 Å². The molecule has 0 radical (unpaired) electrons. The van der Waals surface area contributed by atoms with E-state index in [0.29, 0.717) is 36.5 Å². The number of rotatable bonds is 4. The number of hydrogen-bond acceptors (Lipinski definition) is 7. The number of cyclic esters (lactones) is 1. The maximum absolute atomic E-state index is 12.1. The maximum atomic E-state index is 12.1. The van der Waals surface area contributed by atoms with Crippen LogP contribution >= 0.6 is 0 Å². The van der Waals surface area contributed by atoms with Crippen LogP contribution in [0, 0.1) is 0 Å². The molecule has 24 heavy (non-hydrogen) atoms. The maximum Gasteiger partial charge on any atom is 0.416 e. The van der Waals surface area contributed by atoms with Gasteiger partial charge in [0.2, 0.25) is 0 Å². The Hall–Kier alpha value is -2.39. The normalized spacial score (nSPS) is 25.9. The second-order valence-corrected chi connectivity index (χ2v) is 6.07. The van der Waals surface area contributed by atoms with Gasteiger partial charge in [-0.2, -0.15) is 0 Å². The van der Waals surface area contributed by atoms with Crippen LogP contribution in [0.25, 0.3) is 0 Å². The topological polar surface area (TPSA) is 105 Å². The summed E-state index contributed by atoms with van der Waals surface area (Å²) in [4.78, 5) is 29.3. The van der Waals surface area contributed by atoms with Crippen LogP contribution in [-0.2, 0) is 9.53 Å². The van der Waals surface area contributed by atoms with Crippen LogP contribution in [0.15, 0.2) is 12.1 Å². The van der Waals surface area contributed by atoms with Crippen molar-refractivity contribution < 1.29 is 19.1 Å². The zero-order valence-electron chi connectivity index (χ0n) is 13.1. The fourth-order valence-corrected chi connectivity index (χ4v) is 3.05. The molecule has 4 rings (SSSR count). The van der Waals surface area contributed by atoms with Crippen LogP contribution in [0.2, 0.25) is 0 Å². The molecule has 2 amide bonds. The summed E-state index contributed by atoms with van der Waals surface area (Å²) in [5.74, 6) is 1.01. The first-order chi connectivity index (χ1) is 11.7. The van der Waals surface area contributed by atoms with E-state index in [2.05, 4.69) is 20.9 Å². The SMILES string of the molecule is O=C1COc2ccc(N3C[C@H](CN[C@H]4CCNC4)OC3=O)nc2N1. The highest BCUT2D eigenvalue weighted by Gasteiger charge is 2.34. The van der Waals surface area contributed by atoms with E-state index in [1.54, 1.807) is 12.1 Å². The molecule has 4 heterocycles. The number of amides is 2. The first-order valence-electron chi connectivity index (χ1n) is 8.05. The van der Waals surface area contributed by atoms with E-state index in [9.17, 15) is 9.59 Å². The van der Waals surface area contributed by atoms with E-state index in [4.69, 9.17) is 9.47 Å². The van der Waals surface area contributed by atoms with Gasteiger partial charge >= 0.3 is 6.09 Å². The zero-order valence-corrected chi connectivity index (χ0v) is 13.1. The number of fused-ring (bicyclic) bond motifs is 1. The summed E-state index contributed by atoms with van der Waals surface area (Å²) in [6.07, 6.45) is 0.430. The molecular formula is C15H19N5O4. The largest absolute Gasteiger partial charge is 0.480 e. The third-order valence-electron chi connectivity index (χ3n) is 4.31. The van der Waals surface area contributed by atoms with Crippen LogP contribution in [0.4, 0.5) is 16.4 Å². The minimum Gasteiger partial charge on any atom is -0.480 e. The van der Waals surface area contributed by atoms with Crippen molar-refractivity contribution in [3.63, 3.8) is 0 Å². The number of pyridine rings is 1. The fraction of sp³-hybridized carbons (Fsp3) is 0.533. The number of nitrogens with one attached hydrogen (secondary N) is 3. The second kappa shape index (κ2) is 6.25. The van der Waals surface area contributed by atoms with E-state index >= 15 is 0 Å². The zero-order chi connectivity index (χ0) is 16.5. The Bertz CT molecular complexity index is 661. The average Bonchev–Trinajstić information content (AvgIpc) is 3.21. The molecule has 0 bridgehead atoms. The van der Waals surface area contributed by atoms with Crippen LogP contribution in [0.3, 0.4) is 0 Å². The highest BCUT2D eigenvalue weighted by Crippen LogP contribution is 2.29. The van der Waals surface area contributed by atoms with Gasteiger partial charge in [-0.1, -0.05) is 0 Å². The minimum atomic E-state index is -0.429. The summed E-state index contributed by atoms with van der Waals surface area (Å²) < 4.78 is 10.7. The van der Waals surface area contributed by atoms with E-state index in [1.165, 1.54) is 4.90 Å². The Balaban J connectivity index is 1.41. The number of nitrogens with zero attached hydrogens (tertiary/aromatic N) is 2. The van der Waals surface area contributed by atoms with Gasteiger partial charge in [0.15, 0.2) is 18.2 Å². The van der Waals surface area contributed by atoms with Crippen LogP contribution in [0.1, 0.15) is 6.42 Å². The van der Waals surface area contributed by atoms with Crippen molar-refractivity contribution in [1.82, 2.24) is 15.6 Å². The molecule has 0 saturated carbocycles. The molecule has 128 valence electrons. The Labute approximate surface area is 138 Å². The van der Waals surface area contributed by atoms with Crippen molar-refractivity contribution in [2.24, 2.45) is 0 Å². The number of hydrogen-bond donors (Lipinski definition) is 3. The molecule has 3 aliphatic heterocycles. The van der Waals surface area contributed by atoms with Crippen LogP contribution in [0.5, 0.6) is 5.75 Å². The summed E-state index contributed by atoms with van der Waals surface area (Å²) in [7, 11) is 0. The summed E-state index contributed by atoms with van der Waals surface area (Å²) in [5, 5.41) is 9.33. The van der Waals surface area contributed by atoms with E-state index < -0.39 is 6.09 Å². The molecule has 3 aliphatic rings. The van der Waals surface area contributed by atoms with Crippen molar-refractivity contribution >= 4 is 23.6 Å². The molecule has 0 aromatic carbocycles. The lowest BCUT2D eigenvalue weighted by molar-refractivity contribution is -0.118. The van der Waals surface area contributed by atoms with Crippen molar-refractivity contribution in [2.75, 3.05) is 43.0 Å². The summed E-state index contributed by atoms with van der Waals surface area (Å²) >= 11 is 0. The molecule has 3 N–H and O–H groups in total. The number of carbonyl (C=O) groups is 2. The Morgan fingerprint density at radius 1 is 1.38 bits per heavy atom. The number of ether oxygens (including phenoxy) is 2. The van der Waals surface area contributed by atoms with Gasteiger partial charge in [0.05, 0.1) is 6.54 Å². The Kier molecular flexibility index (Phi) is 3.95.